The van der Waals surface area contributed by atoms with Crippen molar-refractivity contribution in [2.24, 2.45) is 0 Å². The van der Waals surface area contributed by atoms with Gasteiger partial charge in [-0.05, 0) is 58.5 Å². The first kappa shape index (κ1) is 28.7. The van der Waals surface area contributed by atoms with Crippen molar-refractivity contribution in [3.63, 3.8) is 0 Å². The van der Waals surface area contributed by atoms with Crippen molar-refractivity contribution in [3.05, 3.63) is 86.7 Å². The molecule has 0 radical (unpaired) electrons. The number of nitrogens with one attached hydrogen (secondary N) is 2. The molecular weight excluding hydrogens is 502 g/mol. The quantitative estimate of drug-likeness (QED) is 0.356. The van der Waals surface area contributed by atoms with Gasteiger partial charge in [0.05, 0.1) is 19.1 Å². The van der Waals surface area contributed by atoms with Crippen molar-refractivity contribution in [1.29, 1.82) is 0 Å². The molecule has 0 aliphatic rings. The summed E-state index contributed by atoms with van der Waals surface area (Å²) in [6.07, 6.45) is 2.59. The zero-order chi connectivity index (χ0) is 28.4. The predicted octanol–water partition coefficient (Wildman–Crippen LogP) is 5.36. The number of benzene rings is 3. The minimum Gasteiger partial charge on any atom is -0.496 e. The minimum absolute atomic E-state index is 0.308. The number of fused-ring (bicyclic) bond motifs is 1. The molecule has 0 atom stereocenters. The molecular formula is C29H35N3O5S. The first-order chi connectivity index (χ1) is 17.8. The van der Waals surface area contributed by atoms with Crippen LogP contribution in [0.15, 0.2) is 64.3 Å². The summed E-state index contributed by atoms with van der Waals surface area (Å²) in [7, 11) is -1.76. The molecule has 202 valence electrons. The van der Waals surface area contributed by atoms with Crippen LogP contribution < -0.4 is 20.7 Å². The topological polar surface area (TPSA) is 110 Å². The van der Waals surface area contributed by atoms with Crippen molar-refractivity contribution in [2.75, 3.05) is 18.1 Å². The number of H-pyrrole nitrogens is 1. The number of rotatable bonds is 5. The molecule has 0 fully saturated rings. The van der Waals surface area contributed by atoms with Gasteiger partial charge in [-0.15, -0.1) is 0 Å². The highest BCUT2D eigenvalue weighted by atomic mass is 32.2. The summed E-state index contributed by atoms with van der Waals surface area (Å²) < 4.78 is 33.1. The van der Waals surface area contributed by atoms with E-state index < -0.39 is 21.3 Å². The summed E-state index contributed by atoms with van der Waals surface area (Å²) >= 11 is 0. The molecule has 8 nitrogen and oxygen atoms in total. The number of hydrogen-bond acceptors (Lipinski definition) is 5. The second-order valence-corrected chi connectivity index (χ2v) is 11.6. The van der Waals surface area contributed by atoms with Gasteiger partial charge in [-0.3, -0.25) is 19.1 Å². The summed E-state index contributed by atoms with van der Waals surface area (Å²) in [5, 5.41) is 1.78. The number of methoxy groups -OCH3 is 1. The molecule has 3 aromatic carbocycles. The van der Waals surface area contributed by atoms with Gasteiger partial charge in [0, 0.05) is 29.1 Å². The highest BCUT2D eigenvalue weighted by Gasteiger charge is 2.26. The Hall–Kier alpha value is -3.85. The zero-order valence-electron chi connectivity index (χ0n) is 23.1. The fourth-order valence-corrected chi connectivity index (χ4v) is 4.95. The lowest BCUT2D eigenvalue weighted by atomic mass is 9.82. The molecule has 0 saturated carbocycles. The fourth-order valence-electron chi connectivity index (χ4n) is 4.40. The third-order valence-corrected chi connectivity index (χ3v) is 6.65. The van der Waals surface area contributed by atoms with Crippen LogP contribution in [0.5, 0.6) is 5.75 Å². The van der Waals surface area contributed by atoms with Crippen LogP contribution in [-0.2, 0) is 15.4 Å². The van der Waals surface area contributed by atoms with Crippen LogP contribution in [0.2, 0.25) is 0 Å². The maximum absolute atomic E-state index is 12.7. The average molecular weight is 538 g/mol. The van der Waals surface area contributed by atoms with Gasteiger partial charge >= 0.3 is 5.69 Å². The van der Waals surface area contributed by atoms with E-state index in [4.69, 9.17) is 4.74 Å². The van der Waals surface area contributed by atoms with Gasteiger partial charge in [0.1, 0.15) is 5.75 Å². The molecule has 4 rings (SSSR count). The van der Waals surface area contributed by atoms with Crippen LogP contribution >= 0.6 is 0 Å². The standard InChI is InChI=1S/C27H29N3O5S.C2H6/c1-16-22(30-12-11-23(31)28-26(30)32)15-21(27(2,3)4)25(35-5)24(16)19-8-7-18-14-20(29-36(6,33)34)10-9-17(18)13-19;1-2/h7-15,29H,1-6H3,(H,28,31,32);1-2H3. The van der Waals surface area contributed by atoms with Crippen LogP contribution in [0.1, 0.15) is 45.7 Å². The van der Waals surface area contributed by atoms with E-state index in [0.717, 1.165) is 39.3 Å². The second kappa shape index (κ2) is 10.9. The van der Waals surface area contributed by atoms with Gasteiger partial charge in [0.15, 0.2) is 0 Å². The lowest BCUT2D eigenvalue weighted by Gasteiger charge is -2.27. The number of nitrogens with zero attached hydrogens (tertiary/aromatic N) is 1. The molecule has 0 amide bonds. The monoisotopic (exact) mass is 537 g/mol. The van der Waals surface area contributed by atoms with E-state index in [9.17, 15) is 18.0 Å². The Kier molecular flexibility index (Phi) is 8.21. The minimum atomic E-state index is -3.38. The van der Waals surface area contributed by atoms with Gasteiger partial charge < -0.3 is 4.74 Å². The lowest BCUT2D eigenvalue weighted by molar-refractivity contribution is 0.399. The van der Waals surface area contributed by atoms with E-state index in [1.165, 1.54) is 16.8 Å². The van der Waals surface area contributed by atoms with Gasteiger partial charge in [0.2, 0.25) is 10.0 Å². The highest BCUT2D eigenvalue weighted by Crippen LogP contribution is 2.44. The number of aromatic amines is 1. The van der Waals surface area contributed by atoms with Crippen LogP contribution in [0.3, 0.4) is 0 Å². The third kappa shape index (κ3) is 5.99. The largest absolute Gasteiger partial charge is 0.496 e. The van der Waals surface area contributed by atoms with Gasteiger partial charge in [0.25, 0.3) is 5.56 Å². The lowest BCUT2D eigenvalue weighted by Crippen LogP contribution is -2.28. The van der Waals surface area contributed by atoms with Gasteiger partial charge in [-0.2, -0.15) is 0 Å². The zero-order valence-corrected chi connectivity index (χ0v) is 23.9. The Morgan fingerprint density at radius 2 is 1.58 bits per heavy atom. The van der Waals surface area contributed by atoms with Crippen molar-refractivity contribution < 1.29 is 13.2 Å². The average Bonchev–Trinajstić information content (AvgIpc) is 2.83. The van der Waals surface area contributed by atoms with E-state index in [0.29, 0.717) is 17.1 Å². The SMILES string of the molecule is CC.COc1c(C(C)(C)C)cc(-n2ccc(=O)[nH]c2=O)c(C)c1-c1ccc2cc(NS(C)(=O)=O)ccc2c1. The summed E-state index contributed by atoms with van der Waals surface area (Å²) in [5.74, 6) is 0.705. The van der Waals surface area contributed by atoms with E-state index in [2.05, 4.69) is 30.5 Å². The Morgan fingerprint density at radius 3 is 2.16 bits per heavy atom. The molecule has 2 N–H and O–H groups in total. The Labute approximate surface area is 223 Å². The van der Waals surface area contributed by atoms with Gasteiger partial charge in [-0.25, -0.2) is 13.2 Å². The summed E-state index contributed by atoms with van der Waals surface area (Å²) in [5.41, 5.74) is 3.27. The summed E-state index contributed by atoms with van der Waals surface area (Å²) in [4.78, 5) is 26.7. The van der Waals surface area contributed by atoms with Crippen molar-refractivity contribution in [1.82, 2.24) is 9.55 Å². The van der Waals surface area contributed by atoms with Gasteiger partial charge in [-0.1, -0.05) is 52.8 Å². The molecule has 0 bridgehead atoms. The van der Waals surface area contributed by atoms with E-state index in [1.54, 1.807) is 19.2 Å². The first-order valence-electron chi connectivity index (χ1n) is 12.3. The molecule has 1 aromatic heterocycles. The molecule has 0 saturated heterocycles. The van der Waals surface area contributed by atoms with Crippen LogP contribution in [0, 0.1) is 6.92 Å². The molecule has 1 heterocycles. The van der Waals surface area contributed by atoms with E-state index in [1.807, 2.05) is 51.1 Å². The molecule has 38 heavy (non-hydrogen) atoms. The number of aromatic nitrogens is 2. The Bertz CT molecular complexity index is 1710. The Morgan fingerprint density at radius 1 is 0.947 bits per heavy atom. The van der Waals surface area contributed by atoms with Crippen LogP contribution in [0.25, 0.3) is 27.6 Å². The number of ether oxygens (including phenoxy) is 1. The maximum Gasteiger partial charge on any atom is 0.332 e. The van der Waals surface area contributed by atoms with E-state index in [-0.39, 0.29) is 5.41 Å². The summed E-state index contributed by atoms with van der Waals surface area (Å²) in [6, 6.07) is 14.5. The van der Waals surface area contributed by atoms with Crippen molar-refractivity contribution >= 4 is 26.5 Å². The molecule has 0 spiro atoms. The van der Waals surface area contributed by atoms with E-state index >= 15 is 0 Å². The van der Waals surface area contributed by atoms with Crippen molar-refractivity contribution in [2.45, 2.75) is 47.0 Å². The number of anilines is 1. The fraction of sp³-hybridized carbons (Fsp3) is 0.310. The third-order valence-electron chi connectivity index (χ3n) is 6.04. The predicted molar refractivity (Wildman–Crippen MR) is 155 cm³/mol. The number of sulfonamides is 1. The molecule has 0 aliphatic heterocycles. The molecule has 0 unspecified atom stereocenters. The van der Waals surface area contributed by atoms with Crippen LogP contribution in [0.4, 0.5) is 5.69 Å². The number of hydrogen-bond donors (Lipinski definition) is 2. The highest BCUT2D eigenvalue weighted by molar-refractivity contribution is 7.92. The smallest absolute Gasteiger partial charge is 0.332 e. The van der Waals surface area contributed by atoms with Crippen LogP contribution in [-0.4, -0.2) is 31.3 Å². The molecule has 0 aliphatic carbocycles. The normalized spacial score (nSPS) is 11.6. The maximum atomic E-state index is 12.7. The first-order valence-corrected chi connectivity index (χ1v) is 14.2. The molecule has 4 aromatic rings. The summed E-state index contributed by atoms with van der Waals surface area (Å²) in [6.45, 7) is 12.1. The van der Waals surface area contributed by atoms with Crippen molar-refractivity contribution in [3.8, 4) is 22.6 Å². The second-order valence-electron chi connectivity index (χ2n) is 9.86. The molecule has 9 heteroatoms. The Balaban J connectivity index is 0.00000195.